The number of fused-ring (bicyclic) bond motifs is 2. The molecule has 3 amide bonds. The third kappa shape index (κ3) is 5.68. The van der Waals surface area contributed by atoms with E-state index >= 15 is 0 Å². The number of hydrogen-bond acceptors (Lipinski definition) is 8. The van der Waals surface area contributed by atoms with Crippen LogP contribution in [0.4, 0.5) is 30.2 Å². The molecule has 10 nitrogen and oxygen atoms in total. The summed E-state index contributed by atoms with van der Waals surface area (Å²) < 4.78 is 41.4. The number of thiazole rings is 1. The average Bonchev–Trinajstić information content (AvgIpc) is 3.43. The van der Waals surface area contributed by atoms with Crippen LogP contribution < -0.4 is 15.1 Å². The first-order valence-corrected chi connectivity index (χ1v) is 15.6. The van der Waals surface area contributed by atoms with Crippen LogP contribution in [0.3, 0.4) is 0 Å². The van der Waals surface area contributed by atoms with E-state index in [1.165, 1.54) is 30.3 Å². The maximum Gasteiger partial charge on any atom is 0.416 e. The van der Waals surface area contributed by atoms with Gasteiger partial charge >= 0.3 is 11.0 Å². The van der Waals surface area contributed by atoms with Crippen molar-refractivity contribution < 1.29 is 32.5 Å². The summed E-state index contributed by atoms with van der Waals surface area (Å²) in [7, 11) is 0. The lowest BCUT2D eigenvalue weighted by atomic mass is 9.83. The van der Waals surface area contributed by atoms with Crippen LogP contribution in [-0.2, 0) is 27.1 Å². The van der Waals surface area contributed by atoms with Crippen LogP contribution in [0.5, 0.6) is 0 Å². The summed E-state index contributed by atoms with van der Waals surface area (Å²) in [5, 5.41) is 12.8. The first-order valence-electron chi connectivity index (χ1n) is 13.1. The summed E-state index contributed by atoms with van der Waals surface area (Å²) in [6.07, 6.45) is -4.62. The molecule has 0 aliphatic carbocycles. The molecule has 0 bridgehead atoms. The third-order valence-electron chi connectivity index (χ3n) is 7.37. The monoisotopic (exact) mass is 718 g/mol. The summed E-state index contributed by atoms with van der Waals surface area (Å²) in [6, 6.07) is 16.1. The number of rotatable bonds is 6. The summed E-state index contributed by atoms with van der Waals surface area (Å²) in [6.45, 7) is -0.549. The van der Waals surface area contributed by atoms with Gasteiger partial charge in [-0.3, -0.25) is 33.9 Å². The van der Waals surface area contributed by atoms with Crippen LogP contribution in [0, 0.1) is 16.0 Å². The standard InChI is InChI=1S/C29H18BrF3N4O6S2/c30-16-6-4-14(5-7-16)21-22-23(26(40)36(25(22)39)18-8-10-19(11-9-18)37(42)43)44-27-24(21)45-28(41)35(27)13-20(38)34-17-3-1-2-15(12-17)29(31,32)33/h1-12,21-23H,13H2,(H,34,38)/t21-,22-,23+/m0/s1. The van der Waals surface area contributed by atoms with Crippen LogP contribution in [-0.4, -0.2) is 32.5 Å². The van der Waals surface area contributed by atoms with Crippen molar-refractivity contribution in [2.45, 2.75) is 28.9 Å². The fraction of sp³-hybridized carbons (Fsp3) is 0.172. The molecule has 4 aromatic rings. The Hall–Kier alpha value is -4.28. The van der Waals surface area contributed by atoms with Gasteiger partial charge in [0.25, 0.3) is 5.69 Å². The molecule has 0 spiro atoms. The number of hydrogen-bond donors (Lipinski definition) is 1. The van der Waals surface area contributed by atoms with Gasteiger partial charge in [-0.1, -0.05) is 57.2 Å². The number of thioether (sulfide) groups is 1. The number of nitro benzene ring substituents is 1. The van der Waals surface area contributed by atoms with Crippen molar-refractivity contribution in [1.29, 1.82) is 0 Å². The fourth-order valence-electron chi connectivity index (χ4n) is 5.38. The van der Waals surface area contributed by atoms with Gasteiger partial charge in [-0.05, 0) is 48.0 Å². The molecule has 2 aliphatic rings. The Morgan fingerprint density at radius 2 is 1.69 bits per heavy atom. The zero-order valence-electron chi connectivity index (χ0n) is 22.5. The topological polar surface area (TPSA) is 132 Å². The molecular weight excluding hydrogens is 701 g/mol. The van der Waals surface area contributed by atoms with E-state index in [1.54, 1.807) is 24.3 Å². The number of aromatic nitrogens is 1. The molecule has 3 atom stereocenters. The number of halogens is 4. The number of carbonyl (C=O) groups excluding carboxylic acids is 3. The van der Waals surface area contributed by atoms with E-state index in [-0.39, 0.29) is 17.1 Å². The molecule has 45 heavy (non-hydrogen) atoms. The summed E-state index contributed by atoms with van der Waals surface area (Å²) in [4.78, 5) is 65.4. The number of nitrogens with zero attached hydrogens (tertiary/aromatic N) is 3. The molecule has 1 saturated heterocycles. The molecular formula is C29H18BrF3N4O6S2. The normalized spacial score (nSPS) is 19.3. The zero-order valence-corrected chi connectivity index (χ0v) is 25.7. The Morgan fingerprint density at radius 1 is 1.00 bits per heavy atom. The van der Waals surface area contributed by atoms with Crippen molar-refractivity contribution in [3.05, 3.63) is 113 Å². The molecule has 3 aromatic carbocycles. The highest BCUT2D eigenvalue weighted by Gasteiger charge is 2.56. The first-order chi connectivity index (χ1) is 21.3. The molecule has 3 heterocycles. The van der Waals surface area contributed by atoms with E-state index in [0.717, 1.165) is 55.2 Å². The minimum Gasteiger partial charge on any atom is -0.325 e. The smallest absolute Gasteiger partial charge is 0.325 e. The lowest BCUT2D eigenvalue weighted by molar-refractivity contribution is -0.384. The molecule has 230 valence electrons. The fourth-order valence-corrected chi connectivity index (χ4v) is 8.42. The Bertz CT molecular complexity index is 1930. The number of amides is 3. The molecule has 6 rings (SSSR count). The van der Waals surface area contributed by atoms with Crippen LogP contribution in [0.1, 0.15) is 21.9 Å². The molecule has 16 heteroatoms. The van der Waals surface area contributed by atoms with Gasteiger partial charge in [0.1, 0.15) is 11.8 Å². The van der Waals surface area contributed by atoms with Crippen molar-refractivity contribution in [2.75, 3.05) is 10.2 Å². The number of nitro groups is 1. The second kappa shape index (κ2) is 11.6. The number of nitrogens with one attached hydrogen (secondary N) is 1. The van der Waals surface area contributed by atoms with E-state index in [9.17, 15) is 42.5 Å². The maximum atomic E-state index is 13.9. The largest absolute Gasteiger partial charge is 0.416 e. The molecule has 2 aliphatic heterocycles. The Morgan fingerprint density at radius 3 is 2.33 bits per heavy atom. The highest BCUT2D eigenvalue weighted by molar-refractivity contribution is 9.10. The maximum absolute atomic E-state index is 13.9. The van der Waals surface area contributed by atoms with Crippen LogP contribution in [0.2, 0.25) is 0 Å². The molecule has 1 N–H and O–H groups in total. The van der Waals surface area contributed by atoms with E-state index < -0.39 is 62.9 Å². The van der Waals surface area contributed by atoms with Crippen LogP contribution in [0.15, 0.2) is 87.1 Å². The lowest BCUT2D eigenvalue weighted by Crippen LogP contribution is -2.33. The zero-order chi connectivity index (χ0) is 32.2. The highest BCUT2D eigenvalue weighted by Crippen LogP contribution is 2.54. The van der Waals surface area contributed by atoms with E-state index in [1.807, 2.05) is 0 Å². The van der Waals surface area contributed by atoms with Crippen molar-refractivity contribution >= 4 is 73.8 Å². The SMILES string of the molecule is O=C(Cn1c2c(sc1=O)[C@@H](c1ccc(Br)cc1)[C@@H]1C(=O)N(c3ccc([N+](=O)[O-])cc3)C(=O)[C@@H]1S2)Nc1cccc(C(F)(F)F)c1. The van der Waals surface area contributed by atoms with Gasteiger partial charge in [-0.25, -0.2) is 4.90 Å². The van der Waals surface area contributed by atoms with Crippen molar-refractivity contribution in [1.82, 2.24) is 4.57 Å². The number of benzene rings is 3. The summed E-state index contributed by atoms with van der Waals surface area (Å²) in [5.41, 5.74) is -0.481. The van der Waals surface area contributed by atoms with Gasteiger partial charge in [0.05, 0.1) is 27.1 Å². The molecule has 0 unspecified atom stereocenters. The molecule has 1 aromatic heterocycles. The van der Waals surface area contributed by atoms with E-state index in [2.05, 4.69) is 21.2 Å². The Labute approximate surface area is 268 Å². The van der Waals surface area contributed by atoms with Gasteiger partial charge in [-0.15, -0.1) is 0 Å². The lowest BCUT2D eigenvalue weighted by Gasteiger charge is -2.30. The predicted octanol–water partition coefficient (Wildman–Crippen LogP) is 6.03. The quantitative estimate of drug-likeness (QED) is 0.146. The van der Waals surface area contributed by atoms with Gasteiger partial charge < -0.3 is 5.32 Å². The molecule has 0 saturated carbocycles. The van der Waals surface area contributed by atoms with Gasteiger partial charge in [-0.2, -0.15) is 13.2 Å². The first kappa shape index (κ1) is 30.7. The van der Waals surface area contributed by atoms with E-state index in [4.69, 9.17) is 0 Å². The Kier molecular flexibility index (Phi) is 7.91. The second-order valence-corrected chi connectivity index (χ2v) is 13.2. The van der Waals surface area contributed by atoms with Crippen LogP contribution >= 0.6 is 39.0 Å². The van der Waals surface area contributed by atoms with Gasteiger partial charge in [0.15, 0.2) is 0 Å². The van der Waals surface area contributed by atoms with E-state index in [0.29, 0.717) is 15.5 Å². The average molecular weight is 720 g/mol. The Balaban J connectivity index is 1.37. The highest BCUT2D eigenvalue weighted by atomic mass is 79.9. The third-order valence-corrected chi connectivity index (χ3v) is 10.5. The second-order valence-electron chi connectivity index (χ2n) is 10.1. The van der Waals surface area contributed by atoms with Gasteiger partial charge in [0, 0.05) is 33.1 Å². The molecule has 1 fully saturated rings. The number of anilines is 2. The van der Waals surface area contributed by atoms with Crippen molar-refractivity contribution in [2.24, 2.45) is 5.92 Å². The number of imide groups is 1. The summed E-state index contributed by atoms with van der Waals surface area (Å²) >= 11 is 5.17. The minimum atomic E-state index is -4.62. The molecule has 0 radical (unpaired) electrons. The van der Waals surface area contributed by atoms with Crippen LogP contribution in [0.25, 0.3) is 0 Å². The van der Waals surface area contributed by atoms with Crippen molar-refractivity contribution in [3.8, 4) is 0 Å². The van der Waals surface area contributed by atoms with Gasteiger partial charge in [0.2, 0.25) is 17.7 Å². The number of alkyl halides is 3. The number of carbonyl (C=O) groups is 3. The number of non-ortho nitro benzene ring substituents is 1. The minimum absolute atomic E-state index is 0.109. The van der Waals surface area contributed by atoms with Crippen molar-refractivity contribution in [3.63, 3.8) is 0 Å². The summed E-state index contributed by atoms with van der Waals surface area (Å²) in [5.74, 6) is -3.57. The predicted molar refractivity (Wildman–Crippen MR) is 163 cm³/mol.